The summed E-state index contributed by atoms with van der Waals surface area (Å²) in [7, 11) is 0. The van der Waals surface area contributed by atoms with E-state index >= 15 is 0 Å². The van der Waals surface area contributed by atoms with Crippen molar-refractivity contribution in [3.63, 3.8) is 0 Å². The van der Waals surface area contributed by atoms with Crippen molar-refractivity contribution in [2.75, 3.05) is 0 Å². The van der Waals surface area contributed by atoms with Crippen LogP contribution >= 0.6 is 0 Å². The minimum Gasteiger partial charge on any atom is -0.480 e. The van der Waals surface area contributed by atoms with Crippen LogP contribution in [0.2, 0.25) is 0 Å². The second-order valence-electron chi connectivity index (χ2n) is 20.8. The average molecular weight is 944 g/mol. The third-order valence-corrected chi connectivity index (χ3v) is 10.5. The van der Waals surface area contributed by atoms with Gasteiger partial charge in [-0.2, -0.15) is 0 Å². The highest BCUT2D eigenvalue weighted by atomic mass is 16.6. The molecule has 376 valence electrons. The number of aliphatic carboxylic acids is 1. The molecule has 1 aromatic carbocycles. The van der Waals surface area contributed by atoms with Gasteiger partial charge in [0, 0.05) is 19.3 Å². The number of amides is 5. The van der Waals surface area contributed by atoms with E-state index in [4.69, 9.17) is 14.2 Å². The second kappa shape index (κ2) is 26.1. The van der Waals surface area contributed by atoms with Gasteiger partial charge < -0.3 is 45.9 Å². The van der Waals surface area contributed by atoms with E-state index in [1.54, 1.807) is 80.5 Å². The summed E-state index contributed by atoms with van der Waals surface area (Å²) >= 11 is 0. The van der Waals surface area contributed by atoms with Gasteiger partial charge in [0.25, 0.3) is 0 Å². The van der Waals surface area contributed by atoms with Gasteiger partial charge in [0.1, 0.15) is 47.0 Å². The zero-order chi connectivity index (χ0) is 50.9. The van der Waals surface area contributed by atoms with Gasteiger partial charge in [-0.3, -0.25) is 38.4 Å². The maximum absolute atomic E-state index is 14.6. The van der Waals surface area contributed by atoms with E-state index in [2.05, 4.69) is 26.6 Å². The Balaban J connectivity index is 2.58. The molecule has 2 rings (SSSR count). The molecular formula is C49H77N5O13. The van der Waals surface area contributed by atoms with Crippen molar-refractivity contribution < 1.29 is 62.5 Å². The van der Waals surface area contributed by atoms with Crippen molar-refractivity contribution in [1.82, 2.24) is 26.6 Å². The number of ether oxygens (including phenoxy) is 3. The predicted octanol–water partition coefficient (Wildman–Crippen LogP) is 4.65. The van der Waals surface area contributed by atoms with E-state index in [9.17, 15) is 48.3 Å². The first kappa shape index (κ1) is 57.6. The number of esters is 3. The summed E-state index contributed by atoms with van der Waals surface area (Å²) in [6, 6.07) is 0.249. The molecule has 0 spiro atoms. The minimum atomic E-state index is -1.62. The molecular weight excluding hydrogens is 867 g/mol. The number of carbonyl (C=O) groups is 9. The normalized spacial score (nSPS) is 15.7. The molecule has 0 saturated heterocycles. The molecule has 1 aliphatic carbocycles. The fourth-order valence-electron chi connectivity index (χ4n) is 7.44. The van der Waals surface area contributed by atoms with E-state index in [1.165, 1.54) is 0 Å². The van der Waals surface area contributed by atoms with Gasteiger partial charge in [0.2, 0.25) is 29.5 Å². The Morgan fingerprint density at radius 2 is 1.09 bits per heavy atom. The molecule has 0 aliphatic heterocycles. The summed E-state index contributed by atoms with van der Waals surface area (Å²) in [5, 5.41) is 23.2. The Morgan fingerprint density at radius 3 is 1.63 bits per heavy atom. The highest BCUT2D eigenvalue weighted by molar-refractivity contribution is 5.97. The molecule has 0 radical (unpaired) electrons. The summed E-state index contributed by atoms with van der Waals surface area (Å²) in [6.45, 7) is 20.3. The standard InChI is InChI=1S/C49H77N5O13/c1-29(2)26-36(46(63)64)53-45(62)41(31-19-14-13-15-20-31)54-44(61)34(27-32-21-17-16-18-30(32)3)52-42(59)33(22-24-38(56)65-47(4,5)6)51-43(60)35(28-40(58)67-49(10,11)12)50-37(55)23-25-39(57)66-48(7,8)9/h16-18,21,29,31,33-36,41H,13-15,19-20,22-28H2,1-12H3,(H,50,55)(H,51,60)(H,52,59)(H,53,62)(H,54,61)(H,63,64)/t33-,34-,35-,36-,41-/m0/s1. The van der Waals surface area contributed by atoms with E-state index in [1.807, 2.05) is 26.8 Å². The minimum absolute atomic E-state index is 0.0606. The molecule has 6 N–H and O–H groups in total. The number of carboxylic acid groups (broad SMARTS) is 1. The third kappa shape index (κ3) is 23.2. The molecule has 0 heterocycles. The van der Waals surface area contributed by atoms with Crippen molar-refractivity contribution in [2.24, 2.45) is 11.8 Å². The molecule has 18 nitrogen and oxygen atoms in total. The molecule has 0 unspecified atom stereocenters. The van der Waals surface area contributed by atoms with Crippen LogP contribution in [-0.4, -0.2) is 106 Å². The molecule has 5 atom stereocenters. The Kier molecular flexibility index (Phi) is 22.4. The van der Waals surface area contributed by atoms with Gasteiger partial charge in [-0.05, 0) is 118 Å². The number of nitrogens with one attached hydrogen (secondary N) is 5. The van der Waals surface area contributed by atoms with Crippen LogP contribution in [-0.2, 0) is 63.8 Å². The molecule has 18 heteroatoms. The topological polar surface area (TPSA) is 262 Å². The van der Waals surface area contributed by atoms with Crippen molar-refractivity contribution in [2.45, 2.75) is 207 Å². The monoisotopic (exact) mass is 944 g/mol. The lowest BCUT2D eigenvalue weighted by molar-refractivity contribution is -0.158. The molecule has 1 aromatic rings. The fourth-order valence-corrected chi connectivity index (χ4v) is 7.44. The number of benzene rings is 1. The third-order valence-electron chi connectivity index (χ3n) is 10.5. The smallest absolute Gasteiger partial charge is 0.326 e. The highest BCUT2D eigenvalue weighted by Gasteiger charge is 2.37. The highest BCUT2D eigenvalue weighted by Crippen LogP contribution is 2.27. The van der Waals surface area contributed by atoms with Gasteiger partial charge >= 0.3 is 23.9 Å². The zero-order valence-electron chi connectivity index (χ0n) is 41.7. The first-order valence-corrected chi connectivity index (χ1v) is 23.4. The van der Waals surface area contributed by atoms with Crippen LogP contribution in [0.3, 0.4) is 0 Å². The first-order chi connectivity index (χ1) is 30.9. The Bertz CT molecular complexity index is 1890. The lowest BCUT2D eigenvalue weighted by Gasteiger charge is -2.32. The summed E-state index contributed by atoms with van der Waals surface area (Å²) in [6.07, 6.45) is 1.64. The summed E-state index contributed by atoms with van der Waals surface area (Å²) in [4.78, 5) is 121. The van der Waals surface area contributed by atoms with E-state index in [-0.39, 0.29) is 43.9 Å². The SMILES string of the molecule is Cc1ccccc1C[C@H](NC(=O)[C@H](CCC(=O)OC(C)(C)C)NC(=O)[C@H](CC(=O)OC(C)(C)C)NC(=O)CCC(=O)OC(C)(C)C)C(=O)N[C@H](C(=O)N[C@@H](CC(C)C)C(=O)O)C1CCCCC1. The molecule has 1 aliphatic rings. The number of hydrogen-bond acceptors (Lipinski definition) is 12. The van der Waals surface area contributed by atoms with Gasteiger partial charge in [-0.15, -0.1) is 0 Å². The van der Waals surface area contributed by atoms with Gasteiger partial charge in [0.15, 0.2) is 0 Å². The summed E-state index contributed by atoms with van der Waals surface area (Å²) in [5.74, 6) is -7.96. The molecule has 0 aromatic heterocycles. The Morgan fingerprint density at radius 1 is 0.597 bits per heavy atom. The van der Waals surface area contributed by atoms with Gasteiger partial charge in [-0.25, -0.2) is 4.79 Å². The number of aryl methyl sites for hydroxylation is 1. The molecule has 1 fully saturated rings. The maximum Gasteiger partial charge on any atom is 0.326 e. The Labute approximate surface area is 395 Å². The van der Waals surface area contributed by atoms with Crippen LogP contribution in [0.1, 0.15) is 158 Å². The maximum atomic E-state index is 14.6. The first-order valence-electron chi connectivity index (χ1n) is 23.4. The van der Waals surface area contributed by atoms with Crippen molar-refractivity contribution in [3.05, 3.63) is 35.4 Å². The number of carbonyl (C=O) groups excluding carboxylic acids is 8. The lowest BCUT2D eigenvalue weighted by atomic mass is 9.83. The van der Waals surface area contributed by atoms with Crippen LogP contribution in [0.25, 0.3) is 0 Å². The molecule has 1 saturated carbocycles. The van der Waals surface area contributed by atoms with Gasteiger partial charge in [0.05, 0.1) is 12.8 Å². The quantitative estimate of drug-likeness (QED) is 0.0646. The fraction of sp³-hybridized carbons (Fsp3) is 0.694. The van der Waals surface area contributed by atoms with E-state index in [0.717, 1.165) is 24.8 Å². The van der Waals surface area contributed by atoms with Crippen LogP contribution in [0.15, 0.2) is 24.3 Å². The summed E-state index contributed by atoms with van der Waals surface area (Å²) < 4.78 is 16.2. The number of carboxylic acids is 1. The lowest BCUT2D eigenvalue weighted by Crippen LogP contribution is -2.60. The molecule has 67 heavy (non-hydrogen) atoms. The van der Waals surface area contributed by atoms with Crippen molar-refractivity contribution in [3.8, 4) is 0 Å². The van der Waals surface area contributed by atoms with Crippen LogP contribution in [0, 0.1) is 18.8 Å². The van der Waals surface area contributed by atoms with Crippen LogP contribution in [0.5, 0.6) is 0 Å². The number of rotatable bonds is 23. The van der Waals surface area contributed by atoms with E-state index < -0.39 is 113 Å². The Hall–Kier alpha value is -5.55. The largest absolute Gasteiger partial charge is 0.480 e. The molecule has 0 bridgehead atoms. The van der Waals surface area contributed by atoms with Crippen LogP contribution in [0.4, 0.5) is 0 Å². The van der Waals surface area contributed by atoms with Crippen LogP contribution < -0.4 is 26.6 Å². The van der Waals surface area contributed by atoms with Crippen molar-refractivity contribution >= 4 is 53.4 Å². The molecule has 5 amide bonds. The van der Waals surface area contributed by atoms with E-state index in [0.29, 0.717) is 18.4 Å². The number of hydrogen-bond donors (Lipinski definition) is 6. The average Bonchev–Trinajstić information content (AvgIpc) is 3.18. The van der Waals surface area contributed by atoms with Crippen molar-refractivity contribution in [1.29, 1.82) is 0 Å². The summed E-state index contributed by atoms with van der Waals surface area (Å²) in [5.41, 5.74) is -1.21. The van der Waals surface area contributed by atoms with Gasteiger partial charge in [-0.1, -0.05) is 57.4 Å². The second-order valence-corrected chi connectivity index (χ2v) is 20.8. The zero-order valence-corrected chi connectivity index (χ0v) is 41.7. The predicted molar refractivity (Wildman–Crippen MR) is 249 cm³/mol.